The van der Waals surface area contributed by atoms with Gasteiger partial charge in [0.05, 0.1) is 32.5 Å². The molecule has 36 N–H and O–H groups in total. The van der Waals surface area contributed by atoms with Crippen LogP contribution in [-0.4, -0.2) is 350 Å². The number of carboxylic acids is 1. The molecule has 812 valence electrons. The van der Waals surface area contributed by atoms with Crippen molar-refractivity contribution < 1.29 is 122 Å². The molecule has 0 aliphatic carbocycles. The fraction of sp³-hybridized carbons (Fsp3) is 0.652. The Kier molecular flexibility index (Phi) is 55.4. The van der Waals surface area contributed by atoms with Crippen LogP contribution in [0.1, 0.15) is 169 Å². The van der Waals surface area contributed by atoms with Gasteiger partial charge in [0.25, 0.3) is 0 Å². The van der Waals surface area contributed by atoms with Crippen molar-refractivity contribution in [1.29, 1.82) is 10.8 Å². The summed E-state index contributed by atoms with van der Waals surface area (Å²) in [7, 11) is 0. The molecule has 53 heteroatoms. The van der Waals surface area contributed by atoms with E-state index in [0.29, 0.717) is 58.0 Å². The van der Waals surface area contributed by atoms with Gasteiger partial charge >= 0.3 is 5.97 Å². The smallest absolute Gasteiger partial charge is 0.326 e. The number of amides is 17. The zero-order valence-corrected chi connectivity index (χ0v) is 85.0. The summed E-state index contributed by atoms with van der Waals surface area (Å²) in [6.45, 7) is 9.53. The number of likely N-dealkylation sites (tertiary alicyclic amines) is 2. The first-order valence-electron chi connectivity index (χ1n) is 48.5. The number of aliphatic hydroxyl groups is 4. The number of aliphatic carboxylic acids is 1. The molecule has 17 amide bonds. The quantitative estimate of drug-likeness (QED) is 0.0127. The summed E-state index contributed by atoms with van der Waals surface area (Å²) < 4.78 is 0. The Morgan fingerprint density at radius 2 is 0.662 bits per heavy atom. The van der Waals surface area contributed by atoms with E-state index < -0.39 is 296 Å². The summed E-state index contributed by atoms with van der Waals surface area (Å²) in [6.07, 6.45) is 1.96. The minimum atomic E-state index is -1.92. The number of thiol groups is 2. The van der Waals surface area contributed by atoms with Crippen molar-refractivity contribution in [3.63, 3.8) is 0 Å². The molecule has 4 rings (SSSR count). The fourth-order valence-electron chi connectivity index (χ4n) is 15.8. The molecule has 145 heavy (non-hydrogen) atoms. The third-order valence-corrected chi connectivity index (χ3v) is 24.6. The predicted octanol–water partition coefficient (Wildman–Crippen LogP) is -8.43. The number of phenolic OH excluding ortho intramolecular Hbond substituents is 2. The molecule has 2 aliphatic rings. The molecule has 2 fully saturated rings. The van der Waals surface area contributed by atoms with E-state index in [-0.39, 0.29) is 113 Å². The van der Waals surface area contributed by atoms with Gasteiger partial charge < -0.3 is 165 Å². The van der Waals surface area contributed by atoms with Crippen LogP contribution in [0.3, 0.4) is 0 Å². The highest BCUT2D eigenvalue weighted by atomic mass is 32.1. The number of nitrogens with two attached hydrogens (primary N) is 5. The van der Waals surface area contributed by atoms with Gasteiger partial charge in [-0.3, -0.25) is 92.3 Å². The Labute approximate surface area is 852 Å². The van der Waals surface area contributed by atoms with Crippen LogP contribution >= 0.6 is 25.3 Å². The number of hydrogen-bond donors (Lipinski definition) is 33. The van der Waals surface area contributed by atoms with Crippen LogP contribution in [-0.2, 0) is 99.1 Å². The highest BCUT2D eigenvalue weighted by Crippen LogP contribution is 2.25. The first kappa shape index (κ1) is 125. The monoisotopic (exact) mass is 2090 g/mol. The van der Waals surface area contributed by atoms with Gasteiger partial charge in [-0.05, 0) is 168 Å². The molecule has 2 aromatic carbocycles. The molecule has 0 bridgehead atoms. The molecule has 2 aromatic rings. The molecule has 0 saturated carbocycles. The maximum atomic E-state index is 14.8. The fourth-order valence-corrected chi connectivity index (χ4v) is 16.3. The molecule has 2 aliphatic heterocycles. The van der Waals surface area contributed by atoms with Crippen LogP contribution in [0.25, 0.3) is 0 Å². The number of rotatable bonds is 65. The predicted molar refractivity (Wildman–Crippen MR) is 536 cm³/mol. The van der Waals surface area contributed by atoms with Crippen molar-refractivity contribution in [2.24, 2.45) is 52.3 Å². The molecule has 0 radical (unpaired) electrons. The number of carbonyl (C=O) groups is 18. The number of nitrogens with one attached hydrogen (secondary N) is 19. The Morgan fingerprint density at radius 1 is 0.366 bits per heavy atom. The zero-order valence-electron chi connectivity index (χ0n) is 83.2. The number of aliphatic hydroxyl groups excluding tert-OH is 4. The molecule has 2 saturated heterocycles. The van der Waals surface area contributed by atoms with Crippen molar-refractivity contribution >= 4 is 144 Å². The lowest BCUT2D eigenvalue weighted by atomic mass is 10.0. The van der Waals surface area contributed by atoms with E-state index in [1.807, 2.05) is 0 Å². The van der Waals surface area contributed by atoms with Crippen molar-refractivity contribution in [1.82, 2.24) is 100 Å². The average molecular weight is 2090 g/mol. The van der Waals surface area contributed by atoms with E-state index in [9.17, 15) is 122 Å². The SMILES string of the molecule is CC(C)C[C@H](NC(=O)[C@H](CO)NC(=O)[C@H](Cc1ccc(O)cc1)NC(=O)[C@H](CCCNC(=N)N)NC(=O)[C@H](CS)NC(=O)[C@H](CS)NC(=O)[C@H](CCCNC(=N)N)NC(=O)[C@H](Cc1ccc(O)cc1)NC(=O)[C@H](CO)NC(=O)[C@H](CC(C)C)NC(=O)[C@H](CO)NC(=O)[C@@H](NC(=O)[C@@H]1CCCN1C(=O)[C@@H](N)CCCCN)C(C)C)C(=O)N[C@@H](CO)C(=O)N[C@H](C(=O)N1CCC[C@H]1C(=O)N[C@@H](CCCCN)C(=O)O)C(C)C. The van der Waals surface area contributed by atoms with Gasteiger partial charge in [0.2, 0.25) is 100 Å². The molecular formula is C92H152N26O25S2. The number of hydrogen-bond acceptors (Lipinski definition) is 31. The second-order valence-electron chi connectivity index (χ2n) is 37.2. The first-order chi connectivity index (χ1) is 68.6. The number of phenols is 2. The summed E-state index contributed by atoms with van der Waals surface area (Å²) >= 11 is 8.63. The third kappa shape index (κ3) is 42.6. The van der Waals surface area contributed by atoms with Gasteiger partial charge in [-0.25, -0.2) is 4.79 Å². The maximum absolute atomic E-state index is 14.8. The summed E-state index contributed by atoms with van der Waals surface area (Å²) in [5.41, 5.74) is 29.0. The van der Waals surface area contributed by atoms with Crippen LogP contribution in [0.15, 0.2) is 48.5 Å². The minimum absolute atomic E-state index is 0.0402. The van der Waals surface area contributed by atoms with Crippen molar-refractivity contribution in [3.05, 3.63) is 59.7 Å². The highest BCUT2D eigenvalue weighted by Gasteiger charge is 2.45. The summed E-state index contributed by atoms with van der Waals surface area (Å²) in [4.78, 5) is 257. The molecule has 0 spiro atoms. The first-order valence-corrected chi connectivity index (χ1v) is 49.8. The van der Waals surface area contributed by atoms with Gasteiger partial charge in [-0.2, -0.15) is 25.3 Å². The van der Waals surface area contributed by atoms with E-state index in [0.717, 1.165) is 0 Å². The summed E-state index contributed by atoms with van der Waals surface area (Å²) in [6, 6.07) is -17.0. The van der Waals surface area contributed by atoms with Gasteiger partial charge in [0.15, 0.2) is 11.9 Å². The van der Waals surface area contributed by atoms with Crippen LogP contribution in [0.4, 0.5) is 0 Å². The zero-order chi connectivity index (χ0) is 109. The van der Waals surface area contributed by atoms with E-state index in [2.05, 4.69) is 116 Å². The standard InChI is InChI=1S/C92H152N26O25S2/c1-47(2)37-59(106-81(133)65(43-121)112-87(139)71(49(5)6)115-86(138)70-22-15-35-117(70)88(140)55(95)17-9-11-31-93)75(127)109-64(42-120)80(132)108-61(39-51-23-27-53(123)28-24-51)77(129)102-57(20-14-34-101-92(98)99)74(126)113-68(46-145)84(136)114-67(45-144)83(135)103-56(19-13-33-100-91(96)97)73(125)107-62(40-52-25-29-54(124)30-26-52)78(130)110-63(41-119)79(131)105-60(38-48(3)4)76(128)111-66(44-122)82(134)116-72(50(7)8)89(141)118-36-16-21-69(118)85(137)104-58(90(142)143)18-10-12-32-94/h23-30,47-50,55-72,119-124,144-145H,9-22,31-46,93-95H2,1-8H3,(H,102,129)(H,103,135)(H,104,137)(H,105,131)(H,106,133)(H,107,125)(H,108,132)(H,109,127)(H,110,130)(H,111,128)(H,112,139)(H,113,126)(H,114,136)(H,115,138)(H,116,134)(H,142,143)(H4,96,97,100)(H4,98,99,101)/t55-,56-,57-,58-,59-,60-,61-,62-,63-,64-,65-,66-,67-,68-,69-,70-,71-,72-/m0/s1. The molecule has 51 nitrogen and oxygen atoms in total. The van der Waals surface area contributed by atoms with Crippen LogP contribution in [0, 0.1) is 34.5 Å². The second-order valence-corrected chi connectivity index (χ2v) is 37.9. The van der Waals surface area contributed by atoms with Crippen LogP contribution in [0.2, 0.25) is 0 Å². The largest absolute Gasteiger partial charge is 0.508 e. The van der Waals surface area contributed by atoms with E-state index in [1.165, 1.54) is 58.3 Å². The topological polar surface area (TPSA) is 838 Å². The third-order valence-electron chi connectivity index (χ3n) is 23.8. The second kappa shape index (κ2) is 64.4. The molecular weight excluding hydrogens is 1930 g/mol. The average Bonchev–Trinajstić information content (AvgIpc) is 1.73. The van der Waals surface area contributed by atoms with E-state index in [4.69, 9.17) is 39.5 Å². The minimum Gasteiger partial charge on any atom is -0.508 e. The number of carbonyl (C=O) groups excluding carboxylic acids is 17. The lowest BCUT2D eigenvalue weighted by Gasteiger charge is -2.32. The Bertz CT molecular complexity index is 4640. The van der Waals surface area contributed by atoms with Crippen molar-refractivity contribution in [2.75, 3.05) is 77.2 Å². The van der Waals surface area contributed by atoms with E-state index >= 15 is 0 Å². The number of carboxylic acid groups (broad SMARTS) is 1. The molecule has 0 unspecified atom stereocenters. The van der Waals surface area contributed by atoms with Gasteiger partial charge in [-0.1, -0.05) is 86.1 Å². The molecule has 0 aromatic heterocycles. The number of benzene rings is 2. The molecule has 2 heterocycles. The van der Waals surface area contributed by atoms with Crippen LogP contribution in [0.5, 0.6) is 11.5 Å². The van der Waals surface area contributed by atoms with Gasteiger partial charge in [0, 0.05) is 50.5 Å². The van der Waals surface area contributed by atoms with Crippen molar-refractivity contribution in [3.8, 4) is 11.5 Å². The Balaban J connectivity index is 1.57. The lowest BCUT2D eigenvalue weighted by Crippen LogP contribution is -2.62. The normalized spacial score (nSPS) is 16.7. The van der Waals surface area contributed by atoms with Gasteiger partial charge in [-0.15, -0.1) is 0 Å². The lowest BCUT2D eigenvalue weighted by molar-refractivity contribution is -0.145. The number of unbranched alkanes of at least 4 members (excludes halogenated alkanes) is 2. The van der Waals surface area contributed by atoms with E-state index in [1.54, 1.807) is 55.4 Å². The highest BCUT2D eigenvalue weighted by molar-refractivity contribution is 7.80. The van der Waals surface area contributed by atoms with Crippen molar-refractivity contribution in [2.45, 2.75) is 280 Å². The number of guanidine groups is 2. The summed E-state index contributed by atoms with van der Waals surface area (Å²) in [5.74, 6) is -22.6. The van der Waals surface area contributed by atoms with Gasteiger partial charge in [0.1, 0.15) is 114 Å². The summed E-state index contributed by atoms with van der Waals surface area (Å²) in [5, 5.41) is 131. The Morgan fingerprint density at radius 3 is 1.01 bits per heavy atom. The number of nitrogens with zero attached hydrogens (tertiary/aromatic N) is 2. The van der Waals surface area contributed by atoms with Crippen LogP contribution < -0.4 is 119 Å². The number of aromatic hydroxyl groups is 2. The molecule has 18 atom stereocenters. The Hall–Kier alpha value is -12.5. The maximum Gasteiger partial charge on any atom is 0.326 e.